The van der Waals surface area contributed by atoms with E-state index in [1.54, 1.807) is 48.4 Å². The van der Waals surface area contributed by atoms with E-state index in [9.17, 15) is 9.18 Å². The fourth-order valence-electron chi connectivity index (χ4n) is 3.59. The predicted molar refractivity (Wildman–Crippen MR) is 138 cm³/mol. The van der Waals surface area contributed by atoms with E-state index in [0.29, 0.717) is 32.8 Å². The molecule has 0 aromatic heterocycles. The van der Waals surface area contributed by atoms with E-state index < -0.39 is 0 Å². The minimum atomic E-state index is -0.316. The van der Waals surface area contributed by atoms with Gasteiger partial charge in [0.05, 0.1) is 12.0 Å². The molecule has 1 aliphatic heterocycles. The third-order valence-electron chi connectivity index (χ3n) is 5.39. The number of thioether (sulfide) groups is 1. The Labute approximate surface area is 208 Å². The Balaban J connectivity index is 1.41. The summed E-state index contributed by atoms with van der Waals surface area (Å²) in [5.41, 5.74) is 2.50. The van der Waals surface area contributed by atoms with E-state index in [-0.39, 0.29) is 18.3 Å². The average molecular weight is 494 g/mol. The van der Waals surface area contributed by atoms with Crippen molar-refractivity contribution in [2.45, 2.75) is 19.4 Å². The fraction of sp³-hybridized carbons (Fsp3) is 0.185. The zero-order valence-corrected chi connectivity index (χ0v) is 20.3. The lowest BCUT2D eigenvalue weighted by molar-refractivity contribution is -0.122. The summed E-state index contributed by atoms with van der Waals surface area (Å²) < 4.78 is 25.7. The van der Waals surface area contributed by atoms with Crippen LogP contribution in [0.1, 0.15) is 23.1 Å². The zero-order chi connectivity index (χ0) is 23.9. The second-order valence-electron chi connectivity index (χ2n) is 7.71. The molecule has 174 valence electrons. The monoisotopic (exact) mass is 493 g/mol. The molecule has 1 saturated heterocycles. The summed E-state index contributed by atoms with van der Waals surface area (Å²) in [7, 11) is 1.54. The lowest BCUT2D eigenvalue weighted by Gasteiger charge is -2.14. The van der Waals surface area contributed by atoms with E-state index in [1.165, 1.54) is 23.4 Å². The minimum Gasteiger partial charge on any atom is -0.493 e. The van der Waals surface area contributed by atoms with Crippen LogP contribution in [0.5, 0.6) is 11.5 Å². The highest BCUT2D eigenvalue weighted by molar-refractivity contribution is 8.26. The number of halogens is 1. The van der Waals surface area contributed by atoms with Gasteiger partial charge >= 0.3 is 0 Å². The van der Waals surface area contributed by atoms with Crippen LogP contribution < -0.4 is 9.47 Å². The summed E-state index contributed by atoms with van der Waals surface area (Å²) in [4.78, 5) is 15.2. The SMILES string of the molecule is COc1cc(C=C2SC(=S)N(CCCc3ccccc3)C2=O)ccc1OCc1ccccc1F. The molecular formula is C27H24FNO3S2. The Kier molecular flexibility index (Phi) is 7.98. The molecular weight excluding hydrogens is 469 g/mol. The van der Waals surface area contributed by atoms with E-state index in [1.807, 2.05) is 24.3 Å². The van der Waals surface area contributed by atoms with Crippen LogP contribution in [0.4, 0.5) is 4.39 Å². The summed E-state index contributed by atoms with van der Waals surface area (Å²) in [5.74, 6) is 0.602. The number of thiocarbonyl (C=S) groups is 1. The number of rotatable bonds is 9. The van der Waals surface area contributed by atoms with E-state index >= 15 is 0 Å². The molecule has 0 atom stereocenters. The van der Waals surface area contributed by atoms with Crippen LogP contribution >= 0.6 is 24.0 Å². The van der Waals surface area contributed by atoms with Crippen LogP contribution in [0.25, 0.3) is 6.08 Å². The molecule has 0 unspecified atom stereocenters. The van der Waals surface area contributed by atoms with Crippen LogP contribution in [0.2, 0.25) is 0 Å². The number of carbonyl (C=O) groups excluding carboxylic acids is 1. The normalized spacial score (nSPS) is 14.6. The van der Waals surface area contributed by atoms with Gasteiger partial charge in [-0.25, -0.2) is 4.39 Å². The molecule has 0 aliphatic carbocycles. The largest absolute Gasteiger partial charge is 0.493 e. The first-order chi connectivity index (χ1) is 16.5. The third kappa shape index (κ3) is 5.85. The van der Waals surface area contributed by atoms with E-state index in [0.717, 1.165) is 18.4 Å². The molecule has 4 nitrogen and oxygen atoms in total. The molecule has 0 N–H and O–H groups in total. The van der Waals surface area contributed by atoms with Crippen LogP contribution in [0.3, 0.4) is 0 Å². The van der Waals surface area contributed by atoms with Gasteiger partial charge in [0.25, 0.3) is 5.91 Å². The number of benzene rings is 3. The quantitative estimate of drug-likeness (QED) is 0.260. The lowest BCUT2D eigenvalue weighted by atomic mass is 10.1. The smallest absolute Gasteiger partial charge is 0.266 e. The molecule has 0 bridgehead atoms. The molecule has 7 heteroatoms. The number of amides is 1. The van der Waals surface area contributed by atoms with Gasteiger partial charge in [-0.05, 0) is 48.2 Å². The first kappa shape index (κ1) is 24.0. The molecule has 1 amide bonds. The maximum atomic E-state index is 13.9. The van der Waals surface area contributed by atoms with Crippen molar-refractivity contribution in [2.24, 2.45) is 0 Å². The summed E-state index contributed by atoms with van der Waals surface area (Å²) in [6.45, 7) is 0.674. The lowest BCUT2D eigenvalue weighted by Crippen LogP contribution is -2.29. The minimum absolute atomic E-state index is 0.0816. The number of methoxy groups -OCH3 is 1. The maximum Gasteiger partial charge on any atom is 0.266 e. The third-order valence-corrected chi connectivity index (χ3v) is 6.77. The van der Waals surface area contributed by atoms with Crippen molar-refractivity contribution in [3.8, 4) is 11.5 Å². The molecule has 34 heavy (non-hydrogen) atoms. The second kappa shape index (κ2) is 11.3. The predicted octanol–water partition coefficient (Wildman–Crippen LogP) is 6.25. The molecule has 0 spiro atoms. The van der Waals surface area contributed by atoms with Crippen molar-refractivity contribution >= 4 is 40.3 Å². The number of aryl methyl sites for hydroxylation is 1. The second-order valence-corrected chi connectivity index (χ2v) is 9.39. The first-order valence-electron chi connectivity index (χ1n) is 10.9. The van der Waals surface area contributed by atoms with E-state index in [2.05, 4.69) is 12.1 Å². The van der Waals surface area contributed by atoms with Crippen LogP contribution in [0.15, 0.2) is 77.7 Å². The van der Waals surface area contributed by atoms with Gasteiger partial charge in [0.15, 0.2) is 11.5 Å². The molecule has 1 aliphatic rings. The van der Waals surface area contributed by atoms with Crippen molar-refractivity contribution in [1.29, 1.82) is 0 Å². The van der Waals surface area contributed by atoms with Gasteiger partial charge in [0, 0.05) is 12.1 Å². The standard InChI is InChI=1S/C27H24FNO3S2/c1-31-24-16-20(13-14-23(24)32-18-21-11-5-6-12-22(21)28)17-25-26(30)29(27(33)34-25)15-7-10-19-8-3-2-4-9-19/h2-6,8-9,11-14,16-17H,7,10,15,18H2,1H3. The highest BCUT2D eigenvalue weighted by Crippen LogP contribution is 2.35. The maximum absolute atomic E-state index is 13.9. The van der Waals surface area contributed by atoms with Gasteiger partial charge in [-0.15, -0.1) is 0 Å². The highest BCUT2D eigenvalue weighted by atomic mass is 32.2. The Morgan fingerprint density at radius 2 is 1.79 bits per heavy atom. The topological polar surface area (TPSA) is 38.8 Å². The Morgan fingerprint density at radius 1 is 1.03 bits per heavy atom. The summed E-state index contributed by atoms with van der Waals surface area (Å²) >= 11 is 6.76. The van der Waals surface area contributed by atoms with Gasteiger partial charge < -0.3 is 9.47 Å². The Morgan fingerprint density at radius 3 is 2.56 bits per heavy atom. The molecule has 0 saturated carbocycles. The van der Waals surface area contributed by atoms with Gasteiger partial charge in [-0.2, -0.15) is 0 Å². The number of nitrogens with zero attached hydrogens (tertiary/aromatic N) is 1. The summed E-state index contributed by atoms with van der Waals surface area (Å²) in [6, 6.07) is 22.1. The molecule has 3 aromatic carbocycles. The van der Waals surface area contributed by atoms with Crippen molar-refractivity contribution < 1.29 is 18.7 Å². The number of hydrogen-bond donors (Lipinski definition) is 0. The number of ether oxygens (including phenoxy) is 2. The van der Waals surface area contributed by atoms with Crippen LogP contribution in [-0.4, -0.2) is 28.8 Å². The first-order valence-corrected chi connectivity index (χ1v) is 12.1. The van der Waals surface area contributed by atoms with Crippen molar-refractivity contribution in [3.63, 3.8) is 0 Å². The van der Waals surface area contributed by atoms with Crippen LogP contribution in [0, 0.1) is 5.82 Å². The summed E-state index contributed by atoms with van der Waals surface area (Å²) in [5, 5.41) is 0. The van der Waals surface area contributed by atoms with Crippen molar-refractivity contribution in [3.05, 3.63) is 100 Å². The average Bonchev–Trinajstić information content (AvgIpc) is 3.12. The molecule has 3 aromatic rings. The van der Waals surface area contributed by atoms with Gasteiger partial charge in [0.2, 0.25) is 0 Å². The molecule has 4 rings (SSSR count). The summed E-state index contributed by atoms with van der Waals surface area (Å²) in [6.07, 6.45) is 3.54. The zero-order valence-electron chi connectivity index (χ0n) is 18.7. The van der Waals surface area contributed by atoms with Gasteiger partial charge in [-0.1, -0.05) is 78.6 Å². The van der Waals surface area contributed by atoms with Gasteiger partial charge in [0.1, 0.15) is 16.7 Å². The van der Waals surface area contributed by atoms with Crippen molar-refractivity contribution in [1.82, 2.24) is 4.90 Å². The Hall–Kier alpha value is -3.16. The van der Waals surface area contributed by atoms with Gasteiger partial charge in [-0.3, -0.25) is 9.69 Å². The number of hydrogen-bond acceptors (Lipinski definition) is 5. The molecule has 1 heterocycles. The van der Waals surface area contributed by atoms with Crippen LogP contribution in [-0.2, 0) is 17.8 Å². The van der Waals surface area contributed by atoms with E-state index in [4.69, 9.17) is 21.7 Å². The highest BCUT2D eigenvalue weighted by Gasteiger charge is 2.31. The Bertz CT molecular complexity index is 1210. The number of carbonyl (C=O) groups is 1. The molecule has 1 fully saturated rings. The molecule has 0 radical (unpaired) electrons. The fourth-order valence-corrected chi connectivity index (χ4v) is 4.90. The van der Waals surface area contributed by atoms with Crippen molar-refractivity contribution in [2.75, 3.05) is 13.7 Å².